The number of alkyl halides is 1. The van der Waals surface area contributed by atoms with Gasteiger partial charge in [0.15, 0.2) is 0 Å². The molecule has 0 spiro atoms. The Labute approximate surface area is 159 Å². The molecule has 1 unspecified atom stereocenters. The van der Waals surface area contributed by atoms with Gasteiger partial charge in [-0.1, -0.05) is 28.1 Å². The summed E-state index contributed by atoms with van der Waals surface area (Å²) in [6, 6.07) is 5.10. The third-order valence-corrected chi connectivity index (χ3v) is 4.99. The van der Waals surface area contributed by atoms with Crippen molar-refractivity contribution in [3.8, 4) is 0 Å². The number of hydrogen-bond acceptors (Lipinski definition) is 4. The number of nitrogens with one attached hydrogen (secondary N) is 1. The fourth-order valence-corrected chi connectivity index (χ4v) is 3.70. The summed E-state index contributed by atoms with van der Waals surface area (Å²) in [7, 11) is 1.72. The largest absolute Gasteiger partial charge is 0.381 e. The average molecular weight is 424 g/mol. The highest BCUT2D eigenvalue weighted by molar-refractivity contribution is 9.09. The SMILES string of the molecule is Cn1c(=O)n(C2CCC(=O)NC2=O)c2cccc(CCCOCCBr)c21. The van der Waals surface area contributed by atoms with Crippen LogP contribution in [0.1, 0.15) is 30.9 Å². The molecular formula is C18H22BrN3O4. The number of para-hydroxylation sites is 1. The number of aryl methyl sites for hydroxylation is 2. The molecule has 2 amide bonds. The minimum absolute atomic E-state index is 0.238. The standard InChI is InChI=1S/C18H22BrN3O4/c1-21-16-12(5-3-10-26-11-9-19)4-2-6-13(16)22(18(21)25)14-7-8-15(23)20-17(14)24/h2,4,6,14H,3,5,7-11H2,1H3,(H,20,23,24). The number of benzene rings is 1. The monoisotopic (exact) mass is 423 g/mol. The summed E-state index contributed by atoms with van der Waals surface area (Å²) in [5.74, 6) is -0.701. The number of carbonyl (C=O) groups is 2. The van der Waals surface area contributed by atoms with Gasteiger partial charge in [0.1, 0.15) is 6.04 Å². The van der Waals surface area contributed by atoms with E-state index in [2.05, 4.69) is 21.2 Å². The van der Waals surface area contributed by atoms with Crippen molar-refractivity contribution in [2.24, 2.45) is 7.05 Å². The number of amides is 2. The predicted octanol–water partition coefficient (Wildman–Crippen LogP) is 1.66. The molecule has 0 bridgehead atoms. The third-order valence-electron chi connectivity index (χ3n) is 4.66. The van der Waals surface area contributed by atoms with E-state index in [-0.39, 0.29) is 18.0 Å². The molecule has 1 saturated heterocycles. The minimum atomic E-state index is -0.651. The Balaban J connectivity index is 1.93. The molecule has 7 nitrogen and oxygen atoms in total. The predicted molar refractivity (Wildman–Crippen MR) is 102 cm³/mol. The quantitative estimate of drug-likeness (QED) is 0.417. The van der Waals surface area contributed by atoms with Crippen molar-refractivity contribution in [2.45, 2.75) is 31.7 Å². The molecule has 0 aliphatic carbocycles. The minimum Gasteiger partial charge on any atom is -0.381 e. The van der Waals surface area contributed by atoms with Gasteiger partial charge in [-0.3, -0.25) is 24.0 Å². The van der Waals surface area contributed by atoms with Crippen molar-refractivity contribution < 1.29 is 14.3 Å². The van der Waals surface area contributed by atoms with Crippen LogP contribution in [-0.4, -0.2) is 39.5 Å². The first kappa shape index (κ1) is 18.8. The summed E-state index contributed by atoms with van der Waals surface area (Å²) in [5, 5.41) is 3.14. The maximum absolute atomic E-state index is 12.8. The van der Waals surface area contributed by atoms with Gasteiger partial charge < -0.3 is 4.74 Å². The van der Waals surface area contributed by atoms with Crippen LogP contribution in [0.4, 0.5) is 0 Å². The van der Waals surface area contributed by atoms with E-state index in [1.54, 1.807) is 11.6 Å². The number of aromatic nitrogens is 2. The van der Waals surface area contributed by atoms with Gasteiger partial charge in [0.2, 0.25) is 11.8 Å². The summed E-state index contributed by atoms with van der Waals surface area (Å²) >= 11 is 3.33. The summed E-state index contributed by atoms with van der Waals surface area (Å²) in [4.78, 5) is 36.5. The lowest BCUT2D eigenvalue weighted by atomic mass is 10.0. The fourth-order valence-electron chi connectivity index (χ4n) is 3.47. The van der Waals surface area contributed by atoms with Gasteiger partial charge in [0.05, 0.1) is 17.6 Å². The Hall–Kier alpha value is -1.93. The van der Waals surface area contributed by atoms with Crippen LogP contribution in [0.15, 0.2) is 23.0 Å². The van der Waals surface area contributed by atoms with Gasteiger partial charge in [-0.15, -0.1) is 0 Å². The third kappa shape index (κ3) is 3.61. The number of fused-ring (bicyclic) bond motifs is 1. The van der Waals surface area contributed by atoms with Crippen LogP contribution in [0.5, 0.6) is 0 Å². The van der Waals surface area contributed by atoms with E-state index >= 15 is 0 Å². The Morgan fingerprint density at radius 1 is 1.27 bits per heavy atom. The summed E-state index contributed by atoms with van der Waals surface area (Å²) in [6.07, 6.45) is 2.22. The summed E-state index contributed by atoms with van der Waals surface area (Å²) in [5.41, 5.74) is 2.38. The lowest BCUT2D eigenvalue weighted by molar-refractivity contribution is -0.135. The number of carbonyl (C=O) groups excluding carboxylic acids is 2. The number of imidazole rings is 1. The lowest BCUT2D eigenvalue weighted by Crippen LogP contribution is -2.44. The topological polar surface area (TPSA) is 82.3 Å². The summed E-state index contributed by atoms with van der Waals surface area (Å²) in [6.45, 7) is 1.33. The molecule has 1 atom stereocenters. The number of hydrogen-bond donors (Lipinski definition) is 1. The smallest absolute Gasteiger partial charge is 0.329 e. The average Bonchev–Trinajstić information content (AvgIpc) is 2.87. The van der Waals surface area contributed by atoms with E-state index in [0.29, 0.717) is 19.6 Å². The zero-order chi connectivity index (χ0) is 18.7. The highest BCUT2D eigenvalue weighted by Crippen LogP contribution is 2.25. The number of rotatable bonds is 7. The number of imide groups is 1. The molecule has 1 aromatic carbocycles. The van der Waals surface area contributed by atoms with Crippen LogP contribution < -0.4 is 11.0 Å². The lowest BCUT2D eigenvalue weighted by Gasteiger charge is -2.21. The van der Waals surface area contributed by atoms with Crippen molar-refractivity contribution in [1.29, 1.82) is 0 Å². The Morgan fingerprint density at radius 3 is 2.81 bits per heavy atom. The van der Waals surface area contributed by atoms with Crippen LogP contribution in [-0.2, 0) is 27.8 Å². The zero-order valence-corrected chi connectivity index (χ0v) is 16.3. The van der Waals surface area contributed by atoms with Crippen LogP contribution >= 0.6 is 15.9 Å². The molecule has 1 fully saturated rings. The van der Waals surface area contributed by atoms with E-state index in [0.717, 1.165) is 34.8 Å². The van der Waals surface area contributed by atoms with Crippen LogP contribution in [0.3, 0.4) is 0 Å². The maximum Gasteiger partial charge on any atom is 0.329 e. The van der Waals surface area contributed by atoms with Crippen LogP contribution in [0.2, 0.25) is 0 Å². The number of piperidine rings is 1. The first-order valence-electron chi connectivity index (χ1n) is 8.70. The van der Waals surface area contributed by atoms with Crippen LogP contribution in [0, 0.1) is 0 Å². The molecule has 1 aliphatic heterocycles. The number of nitrogens with zero attached hydrogens (tertiary/aromatic N) is 2. The van der Waals surface area contributed by atoms with E-state index in [1.165, 1.54) is 4.57 Å². The van der Waals surface area contributed by atoms with Crippen molar-refractivity contribution in [1.82, 2.24) is 14.5 Å². The molecule has 0 radical (unpaired) electrons. The maximum atomic E-state index is 12.8. The molecule has 1 N–H and O–H groups in total. The normalized spacial score (nSPS) is 17.7. The molecule has 1 aliphatic rings. The van der Waals surface area contributed by atoms with Gasteiger partial charge >= 0.3 is 5.69 Å². The zero-order valence-electron chi connectivity index (χ0n) is 14.7. The van der Waals surface area contributed by atoms with E-state index < -0.39 is 11.9 Å². The second-order valence-corrected chi connectivity index (χ2v) is 7.16. The first-order chi connectivity index (χ1) is 12.5. The second kappa shape index (κ2) is 8.18. The highest BCUT2D eigenvalue weighted by atomic mass is 79.9. The van der Waals surface area contributed by atoms with Gasteiger partial charge in [0, 0.05) is 25.4 Å². The number of halogens is 1. The van der Waals surface area contributed by atoms with E-state index in [4.69, 9.17) is 4.74 Å². The Bertz CT molecular complexity index is 886. The van der Waals surface area contributed by atoms with E-state index in [1.807, 2.05) is 18.2 Å². The fraction of sp³-hybridized carbons (Fsp3) is 0.500. The summed E-state index contributed by atoms with van der Waals surface area (Å²) < 4.78 is 8.60. The van der Waals surface area contributed by atoms with E-state index in [9.17, 15) is 14.4 Å². The highest BCUT2D eigenvalue weighted by Gasteiger charge is 2.31. The van der Waals surface area contributed by atoms with Gasteiger partial charge in [-0.05, 0) is 30.9 Å². The molecule has 1 aromatic heterocycles. The van der Waals surface area contributed by atoms with Crippen molar-refractivity contribution in [2.75, 3.05) is 18.5 Å². The molecule has 2 aromatic rings. The molecule has 8 heteroatoms. The molecule has 140 valence electrons. The first-order valence-corrected chi connectivity index (χ1v) is 9.83. The Kier molecular flexibility index (Phi) is 5.93. The van der Waals surface area contributed by atoms with Gasteiger partial charge in [0.25, 0.3) is 0 Å². The molecule has 26 heavy (non-hydrogen) atoms. The molecular weight excluding hydrogens is 402 g/mol. The van der Waals surface area contributed by atoms with Gasteiger partial charge in [-0.25, -0.2) is 4.79 Å². The van der Waals surface area contributed by atoms with Crippen molar-refractivity contribution in [3.63, 3.8) is 0 Å². The van der Waals surface area contributed by atoms with Crippen LogP contribution in [0.25, 0.3) is 11.0 Å². The molecule has 2 heterocycles. The molecule has 0 saturated carbocycles. The van der Waals surface area contributed by atoms with Crippen molar-refractivity contribution >= 4 is 38.8 Å². The Morgan fingerprint density at radius 2 is 2.08 bits per heavy atom. The molecule has 3 rings (SSSR count). The second-order valence-electron chi connectivity index (χ2n) is 6.37. The number of ether oxygens (including phenoxy) is 1. The van der Waals surface area contributed by atoms with Gasteiger partial charge in [-0.2, -0.15) is 0 Å². The van der Waals surface area contributed by atoms with Crippen molar-refractivity contribution in [3.05, 3.63) is 34.2 Å².